The minimum Gasteiger partial charge on any atom is -0.486 e. The number of amides is 1. The van der Waals surface area contributed by atoms with Crippen LogP contribution in [-0.2, 0) is 22.7 Å². The minimum absolute atomic E-state index is 0.0376. The Balaban J connectivity index is 1.48. The maximum Gasteiger partial charge on any atom is 0.374 e. The van der Waals surface area contributed by atoms with Crippen LogP contribution in [0.4, 0.5) is 0 Å². The van der Waals surface area contributed by atoms with Crippen LogP contribution in [0.5, 0.6) is 5.75 Å². The van der Waals surface area contributed by atoms with Crippen LogP contribution in [0.25, 0.3) is 0 Å². The molecule has 0 fully saturated rings. The first-order chi connectivity index (χ1) is 14.2. The SMILES string of the molecule is CCN(Cc1ccccc1)C(=O)COC(=O)c1ccc(COc2ccccc2)o1. The summed E-state index contributed by atoms with van der Waals surface area (Å²) in [6.07, 6.45) is 0. The van der Waals surface area contributed by atoms with Crippen LogP contribution in [-0.4, -0.2) is 29.9 Å². The van der Waals surface area contributed by atoms with Gasteiger partial charge in [0.2, 0.25) is 5.76 Å². The Bertz CT molecular complexity index is 921. The van der Waals surface area contributed by atoms with Gasteiger partial charge in [-0.3, -0.25) is 4.79 Å². The van der Waals surface area contributed by atoms with E-state index in [1.807, 2.05) is 67.6 Å². The largest absolute Gasteiger partial charge is 0.486 e. The van der Waals surface area contributed by atoms with Crippen LogP contribution >= 0.6 is 0 Å². The molecular weight excluding hydrogens is 370 g/mol. The van der Waals surface area contributed by atoms with Crippen molar-refractivity contribution < 1.29 is 23.5 Å². The summed E-state index contributed by atoms with van der Waals surface area (Å²) in [7, 11) is 0. The molecule has 0 N–H and O–H groups in total. The first-order valence-corrected chi connectivity index (χ1v) is 9.41. The van der Waals surface area contributed by atoms with Crippen molar-refractivity contribution in [2.24, 2.45) is 0 Å². The summed E-state index contributed by atoms with van der Waals surface area (Å²) in [5.74, 6) is 0.294. The molecule has 0 aliphatic carbocycles. The van der Waals surface area contributed by atoms with Gasteiger partial charge in [0.25, 0.3) is 5.91 Å². The molecule has 0 atom stereocenters. The number of hydrogen-bond acceptors (Lipinski definition) is 5. The standard InChI is InChI=1S/C23H23NO5/c1-2-24(15-18-9-5-3-6-10-18)22(25)17-28-23(26)21-14-13-20(29-21)16-27-19-11-7-4-8-12-19/h3-14H,2,15-17H2,1H3. The zero-order chi connectivity index (χ0) is 20.5. The smallest absolute Gasteiger partial charge is 0.374 e. The molecule has 0 aliphatic heterocycles. The highest BCUT2D eigenvalue weighted by Gasteiger charge is 2.18. The molecule has 0 saturated carbocycles. The highest BCUT2D eigenvalue weighted by atomic mass is 16.6. The number of carbonyl (C=O) groups is 2. The van der Waals surface area contributed by atoms with Crippen molar-refractivity contribution in [3.05, 3.63) is 89.9 Å². The summed E-state index contributed by atoms with van der Waals surface area (Å²) >= 11 is 0. The van der Waals surface area contributed by atoms with E-state index in [1.165, 1.54) is 6.07 Å². The topological polar surface area (TPSA) is 69.0 Å². The lowest BCUT2D eigenvalue weighted by Crippen LogP contribution is -2.34. The lowest BCUT2D eigenvalue weighted by molar-refractivity contribution is -0.135. The lowest BCUT2D eigenvalue weighted by Gasteiger charge is -2.20. The first-order valence-electron chi connectivity index (χ1n) is 9.41. The molecule has 1 amide bonds. The van der Waals surface area contributed by atoms with Gasteiger partial charge in [-0.15, -0.1) is 0 Å². The Morgan fingerprint density at radius 1 is 0.931 bits per heavy atom. The quantitative estimate of drug-likeness (QED) is 0.513. The second-order valence-electron chi connectivity index (χ2n) is 6.34. The van der Waals surface area contributed by atoms with Gasteiger partial charge >= 0.3 is 5.97 Å². The van der Waals surface area contributed by atoms with Crippen molar-refractivity contribution in [3.8, 4) is 5.75 Å². The number of para-hydroxylation sites is 1. The third-order valence-electron chi connectivity index (χ3n) is 4.26. The molecule has 150 valence electrons. The highest BCUT2D eigenvalue weighted by molar-refractivity contribution is 5.88. The predicted octanol–water partition coefficient (Wildman–Crippen LogP) is 4.06. The van der Waals surface area contributed by atoms with E-state index in [2.05, 4.69) is 0 Å². The normalized spacial score (nSPS) is 10.4. The highest BCUT2D eigenvalue weighted by Crippen LogP contribution is 2.14. The van der Waals surface area contributed by atoms with Crippen molar-refractivity contribution in [1.82, 2.24) is 4.90 Å². The van der Waals surface area contributed by atoms with Gasteiger partial charge in [0, 0.05) is 13.1 Å². The maximum atomic E-state index is 12.4. The Morgan fingerprint density at radius 2 is 1.62 bits per heavy atom. The van der Waals surface area contributed by atoms with E-state index in [4.69, 9.17) is 13.9 Å². The Kier molecular flexibility index (Phi) is 7.05. The van der Waals surface area contributed by atoms with Crippen molar-refractivity contribution >= 4 is 11.9 Å². The first kappa shape index (κ1) is 20.2. The number of hydrogen-bond donors (Lipinski definition) is 0. The fourth-order valence-electron chi connectivity index (χ4n) is 2.71. The number of carbonyl (C=O) groups excluding carboxylic acids is 2. The van der Waals surface area contributed by atoms with E-state index < -0.39 is 5.97 Å². The Morgan fingerprint density at radius 3 is 2.31 bits per heavy atom. The molecule has 0 unspecified atom stereocenters. The lowest BCUT2D eigenvalue weighted by atomic mass is 10.2. The Labute approximate surface area is 169 Å². The van der Waals surface area contributed by atoms with Gasteiger partial charge in [-0.05, 0) is 36.8 Å². The molecule has 2 aromatic carbocycles. The van der Waals surface area contributed by atoms with Crippen LogP contribution in [0.2, 0.25) is 0 Å². The van der Waals surface area contributed by atoms with Crippen molar-refractivity contribution in [3.63, 3.8) is 0 Å². The summed E-state index contributed by atoms with van der Waals surface area (Å²) in [6, 6.07) is 22.1. The molecular formula is C23H23NO5. The van der Waals surface area contributed by atoms with E-state index in [1.54, 1.807) is 11.0 Å². The second-order valence-corrected chi connectivity index (χ2v) is 6.34. The van der Waals surface area contributed by atoms with Crippen molar-refractivity contribution in [2.45, 2.75) is 20.1 Å². The summed E-state index contributed by atoms with van der Waals surface area (Å²) in [4.78, 5) is 26.2. The fraction of sp³-hybridized carbons (Fsp3) is 0.217. The van der Waals surface area contributed by atoms with E-state index in [9.17, 15) is 9.59 Å². The zero-order valence-electron chi connectivity index (χ0n) is 16.2. The predicted molar refractivity (Wildman–Crippen MR) is 107 cm³/mol. The van der Waals surface area contributed by atoms with Crippen LogP contribution in [0.3, 0.4) is 0 Å². The molecule has 0 bridgehead atoms. The van der Waals surface area contributed by atoms with Crippen LogP contribution in [0, 0.1) is 0 Å². The van der Waals surface area contributed by atoms with Crippen molar-refractivity contribution in [2.75, 3.05) is 13.2 Å². The Hall–Kier alpha value is -3.54. The fourth-order valence-corrected chi connectivity index (χ4v) is 2.71. The van der Waals surface area contributed by atoms with Gasteiger partial charge < -0.3 is 18.8 Å². The second kappa shape index (κ2) is 10.1. The van der Waals surface area contributed by atoms with Gasteiger partial charge in [0.05, 0.1) is 0 Å². The van der Waals surface area contributed by atoms with Gasteiger partial charge in [-0.1, -0.05) is 48.5 Å². The van der Waals surface area contributed by atoms with E-state index in [-0.39, 0.29) is 24.9 Å². The summed E-state index contributed by atoms with van der Waals surface area (Å²) in [5.41, 5.74) is 1.02. The summed E-state index contributed by atoms with van der Waals surface area (Å²) in [5, 5.41) is 0. The molecule has 0 spiro atoms. The molecule has 1 aromatic heterocycles. The molecule has 0 radical (unpaired) electrons. The number of nitrogens with zero attached hydrogens (tertiary/aromatic N) is 1. The molecule has 29 heavy (non-hydrogen) atoms. The molecule has 3 rings (SSSR count). The van der Waals surface area contributed by atoms with Gasteiger partial charge in [0.1, 0.15) is 18.1 Å². The summed E-state index contributed by atoms with van der Waals surface area (Å²) < 4.78 is 16.2. The number of rotatable bonds is 9. The minimum atomic E-state index is -0.680. The number of likely N-dealkylation sites (N-methyl/N-ethyl adjacent to an activating group) is 1. The van der Waals surface area contributed by atoms with Crippen LogP contribution in [0.1, 0.15) is 28.8 Å². The third-order valence-corrected chi connectivity index (χ3v) is 4.26. The molecule has 1 heterocycles. The zero-order valence-corrected chi connectivity index (χ0v) is 16.2. The summed E-state index contributed by atoms with van der Waals surface area (Å²) in [6.45, 7) is 2.73. The average molecular weight is 393 g/mol. The molecule has 6 nitrogen and oxygen atoms in total. The van der Waals surface area contributed by atoms with Crippen LogP contribution < -0.4 is 4.74 Å². The van der Waals surface area contributed by atoms with E-state index >= 15 is 0 Å². The van der Waals surface area contributed by atoms with Gasteiger partial charge in [0.15, 0.2) is 6.61 Å². The molecule has 6 heteroatoms. The van der Waals surface area contributed by atoms with Gasteiger partial charge in [-0.2, -0.15) is 0 Å². The van der Waals surface area contributed by atoms with E-state index in [0.29, 0.717) is 24.6 Å². The number of benzene rings is 2. The monoisotopic (exact) mass is 393 g/mol. The number of esters is 1. The molecule has 0 aliphatic rings. The average Bonchev–Trinajstić information content (AvgIpc) is 3.25. The number of ether oxygens (including phenoxy) is 2. The van der Waals surface area contributed by atoms with E-state index in [0.717, 1.165) is 5.56 Å². The van der Waals surface area contributed by atoms with Gasteiger partial charge in [-0.25, -0.2) is 4.79 Å². The maximum absolute atomic E-state index is 12.4. The van der Waals surface area contributed by atoms with Crippen LogP contribution in [0.15, 0.2) is 77.2 Å². The number of furan rings is 1. The third kappa shape index (κ3) is 5.97. The molecule has 3 aromatic rings. The molecule has 0 saturated heterocycles. The van der Waals surface area contributed by atoms with Crippen molar-refractivity contribution in [1.29, 1.82) is 0 Å².